The predicted octanol–water partition coefficient (Wildman–Crippen LogP) is 1.60. The molecule has 0 spiro atoms. The molecule has 0 unspecified atom stereocenters. The van der Waals surface area contributed by atoms with Gasteiger partial charge >= 0.3 is 0 Å². The molecule has 124 valence electrons. The van der Waals surface area contributed by atoms with E-state index in [2.05, 4.69) is 10.0 Å². The molecule has 0 aliphatic rings. The summed E-state index contributed by atoms with van der Waals surface area (Å²) in [7, 11) is -2.10. The number of carbonyl (C=O) groups is 1. The van der Waals surface area contributed by atoms with E-state index in [4.69, 9.17) is 39.5 Å². The van der Waals surface area contributed by atoms with Gasteiger partial charge in [-0.05, 0) is 17.7 Å². The van der Waals surface area contributed by atoms with E-state index in [-0.39, 0.29) is 24.6 Å². The van der Waals surface area contributed by atoms with E-state index < -0.39 is 19.7 Å². The second kappa shape index (κ2) is 8.33. The van der Waals surface area contributed by atoms with Crippen LogP contribution in [0, 0.1) is 0 Å². The van der Waals surface area contributed by atoms with Crippen LogP contribution in [0.5, 0.6) is 0 Å². The van der Waals surface area contributed by atoms with Gasteiger partial charge in [0, 0.05) is 20.2 Å². The summed E-state index contributed by atoms with van der Waals surface area (Å²) in [6.45, 7) is 0.574. The first-order valence-electron chi connectivity index (χ1n) is 6.09. The molecule has 0 bridgehead atoms. The number of halogens is 3. The topological polar surface area (TPSA) is 84.5 Å². The number of carbonyl (C=O) groups excluding carboxylic acids is 1. The van der Waals surface area contributed by atoms with Gasteiger partial charge in [-0.25, -0.2) is 13.1 Å². The van der Waals surface area contributed by atoms with Crippen molar-refractivity contribution in [2.24, 2.45) is 0 Å². The molecule has 0 aromatic heterocycles. The van der Waals surface area contributed by atoms with E-state index in [1.54, 1.807) is 12.1 Å². The molecule has 0 saturated carbocycles. The minimum atomic E-state index is -3.58. The van der Waals surface area contributed by atoms with Crippen LogP contribution in [0.15, 0.2) is 29.2 Å². The quantitative estimate of drug-likeness (QED) is 0.548. The molecular formula is C12H15Cl3N2O4S. The summed E-state index contributed by atoms with van der Waals surface area (Å²) in [6, 6.07) is 5.96. The Morgan fingerprint density at radius 3 is 2.32 bits per heavy atom. The smallest absolute Gasteiger partial charge is 0.272 e. The molecule has 10 heteroatoms. The minimum Gasteiger partial charge on any atom is -0.383 e. The van der Waals surface area contributed by atoms with Crippen molar-refractivity contribution in [1.82, 2.24) is 10.0 Å². The zero-order valence-electron chi connectivity index (χ0n) is 11.6. The number of rotatable bonds is 7. The number of hydrogen-bond acceptors (Lipinski definition) is 4. The Balaban J connectivity index is 2.65. The highest BCUT2D eigenvalue weighted by Crippen LogP contribution is 2.25. The van der Waals surface area contributed by atoms with Crippen molar-refractivity contribution >= 4 is 50.7 Å². The molecule has 0 radical (unpaired) electrons. The molecule has 22 heavy (non-hydrogen) atoms. The first-order valence-corrected chi connectivity index (χ1v) is 8.71. The Morgan fingerprint density at radius 2 is 1.82 bits per heavy atom. The molecule has 1 aromatic carbocycles. The van der Waals surface area contributed by atoms with Crippen LogP contribution < -0.4 is 10.0 Å². The number of amides is 1. The molecule has 1 aromatic rings. The van der Waals surface area contributed by atoms with Crippen molar-refractivity contribution in [3.8, 4) is 0 Å². The Bertz CT molecular complexity index is 600. The third kappa shape index (κ3) is 6.28. The largest absolute Gasteiger partial charge is 0.383 e. The Labute approximate surface area is 144 Å². The number of sulfonamides is 1. The van der Waals surface area contributed by atoms with Crippen molar-refractivity contribution < 1.29 is 17.9 Å². The molecule has 0 aliphatic heterocycles. The monoisotopic (exact) mass is 388 g/mol. The molecule has 1 amide bonds. The van der Waals surface area contributed by atoms with Crippen molar-refractivity contribution in [2.45, 2.75) is 15.2 Å². The average Bonchev–Trinajstić information content (AvgIpc) is 2.44. The molecule has 0 saturated heterocycles. The second-order valence-electron chi connectivity index (χ2n) is 4.21. The maximum absolute atomic E-state index is 11.9. The number of nitrogens with one attached hydrogen (secondary N) is 2. The van der Waals surface area contributed by atoms with Crippen LogP contribution in [-0.2, 0) is 26.1 Å². The molecule has 0 heterocycles. The number of alkyl halides is 3. The maximum atomic E-state index is 11.9. The van der Waals surface area contributed by atoms with Gasteiger partial charge in [0.15, 0.2) is 0 Å². The van der Waals surface area contributed by atoms with Gasteiger partial charge in [-0.15, -0.1) is 0 Å². The summed E-state index contributed by atoms with van der Waals surface area (Å²) < 4.78 is 29.0. The van der Waals surface area contributed by atoms with E-state index in [0.717, 1.165) is 0 Å². The lowest BCUT2D eigenvalue weighted by atomic mass is 10.2. The fraction of sp³-hybridized carbons (Fsp3) is 0.417. The summed E-state index contributed by atoms with van der Waals surface area (Å²) in [5.74, 6) is -0.754. The van der Waals surface area contributed by atoms with E-state index in [9.17, 15) is 13.2 Å². The molecule has 1 rings (SSSR count). The normalized spacial score (nSPS) is 12.2. The zero-order chi connectivity index (χ0) is 16.8. The standard InChI is InChI=1S/C12H15Cl3N2O4S/c1-21-7-6-17-22(19,20)10-4-2-9(3-5-10)8-16-11(18)12(13,14)15/h2-5,17H,6-8H2,1H3,(H,16,18). The number of benzene rings is 1. The fourth-order valence-corrected chi connectivity index (χ4v) is 2.64. The second-order valence-corrected chi connectivity index (χ2v) is 8.26. The lowest BCUT2D eigenvalue weighted by Crippen LogP contribution is -2.34. The summed E-state index contributed by atoms with van der Waals surface area (Å²) in [6.07, 6.45) is 0. The fourth-order valence-electron chi connectivity index (χ4n) is 1.43. The summed E-state index contributed by atoms with van der Waals surface area (Å²) in [4.78, 5) is 11.5. The average molecular weight is 390 g/mol. The van der Waals surface area contributed by atoms with Crippen LogP contribution >= 0.6 is 34.8 Å². The highest BCUT2D eigenvalue weighted by atomic mass is 35.6. The SMILES string of the molecule is COCCNS(=O)(=O)c1ccc(CNC(=O)C(Cl)(Cl)Cl)cc1. The molecule has 0 aliphatic carbocycles. The first-order chi connectivity index (χ1) is 10.2. The predicted molar refractivity (Wildman–Crippen MR) is 85.6 cm³/mol. The highest BCUT2D eigenvalue weighted by Gasteiger charge is 2.30. The van der Waals surface area contributed by atoms with Gasteiger partial charge in [0.05, 0.1) is 11.5 Å². The lowest BCUT2D eigenvalue weighted by Gasteiger charge is -2.11. The maximum Gasteiger partial charge on any atom is 0.272 e. The van der Waals surface area contributed by atoms with Crippen LogP contribution in [0.2, 0.25) is 0 Å². The van der Waals surface area contributed by atoms with Crippen LogP contribution in [0.1, 0.15) is 5.56 Å². The van der Waals surface area contributed by atoms with Crippen LogP contribution in [-0.4, -0.2) is 38.4 Å². The van der Waals surface area contributed by atoms with Gasteiger partial charge in [-0.2, -0.15) is 0 Å². The van der Waals surface area contributed by atoms with E-state index in [1.807, 2.05) is 0 Å². The van der Waals surface area contributed by atoms with E-state index in [1.165, 1.54) is 19.2 Å². The van der Waals surface area contributed by atoms with Crippen LogP contribution in [0.25, 0.3) is 0 Å². The molecule has 2 N–H and O–H groups in total. The van der Waals surface area contributed by atoms with Gasteiger partial charge in [-0.1, -0.05) is 46.9 Å². The molecule has 0 fully saturated rings. The zero-order valence-corrected chi connectivity index (χ0v) is 14.7. The number of hydrogen-bond donors (Lipinski definition) is 2. The summed E-state index contributed by atoms with van der Waals surface area (Å²) in [5, 5.41) is 2.42. The van der Waals surface area contributed by atoms with Gasteiger partial charge in [-0.3, -0.25) is 4.79 Å². The highest BCUT2D eigenvalue weighted by molar-refractivity contribution is 7.89. The van der Waals surface area contributed by atoms with Crippen molar-refractivity contribution in [3.05, 3.63) is 29.8 Å². The number of methoxy groups -OCH3 is 1. The third-order valence-corrected chi connectivity index (χ3v) is 4.53. The van der Waals surface area contributed by atoms with Crippen molar-refractivity contribution in [3.63, 3.8) is 0 Å². The van der Waals surface area contributed by atoms with Crippen LogP contribution in [0.3, 0.4) is 0 Å². The van der Waals surface area contributed by atoms with Crippen molar-refractivity contribution in [1.29, 1.82) is 0 Å². The Kier molecular flexibility index (Phi) is 7.37. The van der Waals surface area contributed by atoms with E-state index >= 15 is 0 Å². The molecule has 0 atom stereocenters. The van der Waals surface area contributed by atoms with Gasteiger partial charge < -0.3 is 10.1 Å². The molecular weight excluding hydrogens is 375 g/mol. The summed E-state index contributed by atoms with van der Waals surface area (Å²) in [5.41, 5.74) is 0.665. The molecule has 6 nitrogen and oxygen atoms in total. The lowest BCUT2D eigenvalue weighted by molar-refractivity contribution is -0.120. The van der Waals surface area contributed by atoms with Gasteiger partial charge in [0.2, 0.25) is 10.0 Å². The van der Waals surface area contributed by atoms with Crippen LogP contribution in [0.4, 0.5) is 0 Å². The first kappa shape index (κ1) is 19.5. The van der Waals surface area contributed by atoms with Crippen molar-refractivity contribution in [2.75, 3.05) is 20.3 Å². The van der Waals surface area contributed by atoms with Gasteiger partial charge in [0.1, 0.15) is 0 Å². The number of ether oxygens (including phenoxy) is 1. The van der Waals surface area contributed by atoms with E-state index in [0.29, 0.717) is 5.56 Å². The Morgan fingerprint density at radius 1 is 1.23 bits per heavy atom. The third-order valence-electron chi connectivity index (χ3n) is 2.54. The minimum absolute atomic E-state index is 0.111. The summed E-state index contributed by atoms with van der Waals surface area (Å²) >= 11 is 16.2. The Hall–Kier alpha value is -0.570. The van der Waals surface area contributed by atoms with Gasteiger partial charge in [0.25, 0.3) is 9.70 Å².